The number of ether oxygens (including phenoxy) is 12. The maximum Gasteiger partial charge on any atom is 0.187 e. The van der Waals surface area contributed by atoms with E-state index < -0.39 is 130 Å². The quantitative estimate of drug-likeness (QED) is 0.0232. The summed E-state index contributed by atoms with van der Waals surface area (Å²) in [6, 6.07) is 65.2. The molecule has 20 heteroatoms. The van der Waals surface area contributed by atoms with Gasteiger partial charge in [0.15, 0.2) is 18.9 Å². The second-order valence-electron chi connectivity index (χ2n) is 23.9. The van der Waals surface area contributed by atoms with Crippen molar-refractivity contribution in [2.24, 2.45) is 0 Å². The van der Waals surface area contributed by atoms with E-state index in [1.54, 1.807) is 0 Å². The Hall–Kier alpha value is -6.52. The summed E-state index contributed by atoms with van der Waals surface area (Å²) in [7, 11) is 0. The van der Waals surface area contributed by atoms with Crippen LogP contribution in [0.5, 0.6) is 0 Å². The lowest BCUT2D eigenvalue weighted by Crippen LogP contribution is -2.70. The van der Waals surface area contributed by atoms with Gasteiger partial charge in [0.25, 0.3) is 0 Å². The Morgan fingerprint density at radius 2 is 0.670 bits per heavy atom. The van der Waals surface area contributed by atoms with Gasteiger partial charge in [-0.3, -0.25) is 0 Å². The Morgan fingerprint density at radius 3 is 1.06 bits per heavy atom. The number of aliphatic hydroxyl groups is 7. The second-order valence-corrected chi connectivity index (χ2v) is 23.9. The van der Waals surface area contributed by atoms with Crippen LogP contribution in [0.1, 0.15) is 38.9 Å². The first-order valence-electron chi connectivity index (χ1n) is 32.0. The van der Waals surface area contributed by atoms with Gasteiger partial charge < -0.3 is 97.9 Å². The van der Waals surface area contributed by atoms with Gasteiger partial charge in [0.1, 0.15) is 85.5 Å². The molecule has 500 valence electrons. The summed E-state index contributed by atoms with van der Waals surface area (Å²) >= 11 is 0. The molecule has 3 aliphatic heterocycles. The molecule has 4 aliphatic rings. The van der Waals surface area contributed by atoms with Crippen molar-refractivity contribution in [2.75, 3.05) is 26.4 Å². The molecule has 0 aromatic heterocycles. The zero-order valence-electron chi connectivity index (χ0n) is 52.1. The molecule has 3 heterocycles. The highest BCUT2D eigenvalue weighted by molar-refractivity contribution is 5.24. The van der Waals surface area contributed by atoms with Crippen molar-refractivity contribution in [1.82, 2.24) is 5.32 Å². The lowest BCUT2D eigenvalue weighted by Gasteiger charge is -2.51. The fourth-order valence-electron chi connectivity index (χ4n) is 12.2. The molecule has 3 saturated heterocycles. The standard InChI is InChI=1S/C74H85NO19/c76-37-55-36-56(62(79)64(81)61(55)78)75-60-57(38-77)90-72(65(82)63(60)80)93-66-59(47-84-40-49-24-10-2-11-25-49)92-74(71(88-44-53-32-18-6-19-33-53)69(66)86-42-51-28-14-4-15-29-51)94-67-58(46-83-39-48-22-8-1-9-23-48)91-73(89-45-54-34-20-7-21-35-54)70(87-43-52-30-16-5-17-31-52)68(67)85-41-50-26-12-3-13-27-50/h1-36,56-82H,37-47H2/t56?,57?,58?,59-,60-,61?,62?,63?,64+,65-,66?,67?,68?,69+,70-,71?,72+,73?,74+/m1/s1. The monoisotopic (exact) mass is 1290 g/mol. The Bertz CT molecular complexity index is 3300. The van der Waals surface area contributed by atoms with Crippen molar-refractivity contribution in [1.29, 1.82) is 0 Å². The Balaban J connectivity index is 0.995. The van der Waals surface area contributed by atoms with Crippen LogP contribution in [-0.4, -0.2) is 179 Å². The predicted molar refractivity (Wildman–Crippen MR) is 342 cm³/mol. The van der Waals surface area contributed by atoms with Gasteiger partial charge in [-0.1, -0.05) is 218 Å². The summed E-state index contributed by atoms with van der Waals surface area (Å²) in [4.78, 5) is 0. The lowest BCUT2D eigenvalue weighted by molar-refractivity contribution is -0.390. The molecule has 94 heavy (non-hydrogen) atoms. The lowest BCUT2D eigenvalue weighted by atomic mass is 9.86. The molecule has 7 aromatic carbocycles. The normalized spacial score (nSPS) is 30.4. The molecular formula is C74H85NO19. The van der Waals surface area contributed by atoms with Crippen LogP contribution >= 0.6 is 0 Å². The van der Waals surface area contributed by atoms with Crippen LogP contribution in [0, 0.1) is 0 Å². The molecule has 19 atom stereocenters. The molecule has 0 bridgehead atoms. The summed E-state index contributed by atoms with van der Waals surface area (Å²) < 4.78 is 84.0. The van der Waals surface area contributed by atoms with E-state index in [9.17, 15) is 35.7 Å². The van der Waals surface area contributed by atoms with Crippen LogP contribution in [0.2, 0.25) is 0 Å². The number of benzene rings is 7. The highest BCUT2D eigenvalue weighted by Gasteiger charge is 2.57. The molecule has 20 nitrogen and oxygen atoms in total. The maximum atomic E-state index is 12.3. The first-order chi connectivity index (χ1) is 46.1. The molecule has 3 fully saturated rings. The van der Waals surface area contributed by atoms with E-state index in [0.717, 1.165) is 38.9 Å². The minimum Gasteiger partial charge on any atom is -0.394 e. The second kappa shape index (κ2) is 34.9. The molecule has 0 saturated carbocycles. The minimum atomic E-state index is -1.86. The average Bonchev–Trinajstić information content (AvgIpc) is 0.783. The first-order valence-corrected chi connectivity index (χ1v) is 32.0. The Morgan fingerprint density at radius 1 is 0.330 bits per heavy atom. The molecule has 0 spiro atoms. The first kappa shape index (κ1) is 68.9. The number of nitrogens with one attached hydrogen (secondary N) is 1. The van der Waals surface area contributed by atoms with Crippen LogP contribution < -0.4 is 5.32 Å². The predicted octanol–water partition coefficient (Wildman–Crippen LogP) is 5.98. The van der Waals surface area contributed by atoms with Crippen molar-refractivity contribution >= 4 is 0 Å². The van der Waals surface area contributed by atoms with Crippen molar-refractivity contribution in [3.63, 3.8) is 0 Å². The smallest absolute Gasteiger partial charge is 0.187 e. The van der Waals surface area contributed by atoms with Crippen LogP contribution in [-0.2, 0) is 103 Å². The fourth-order valence-corrected chi connectivity index (χ4v) is 12.2. The highest BCUT2D eigenvalue weighted by Crippen LogP contribution is 2.39. The maximum absolute atomic E-state index is 12.3. The van der Waals surface area contributed by atoms with Crippen LogP contribution in [0.25, 0.3) is 0 Å². The van der Waals surface area contributed by atoms with Gasteiger partial charge in [0.05, 0.1) is 84.8 Å². The molecule has 11 unspecified atom stereocenters. The van der Waals surface area contributed by atoms with Crippen LogP contribution in [0.15, 0.2) is 224 Å². The van der Waals surface area contributed by atoms with Gasteiger partial charge >= 0.3 is 0 Å². The third kappa shape index (κ3) is 18.3. The SMILES string of the molecule is OCC1=CC(N[C@@H]2C(CO)O[C@@H](OC3[C@H](OCc4ccccc4)C(OCc4ccccc4)[C@H](OC4C(COCc5ccccc5)OC(OCc5ccccc5)[C@H](OCc5ccccc5)C4OCc4ccccc4)O[C@@H]3COCc3ccccc3)[C@H](O)C2O)C(O)[C@@H](O)C1O. The fraction of sp³-hybridized carbons (Fsp3) is 0.405. The van der Waals surface area contributed by atoms with Gasteiger partial charge in [-0.2, -0.15) is 0 Å². The van der Waals surface area contributed by atoms with E-state index in [2.05, 4.69) is 5.32 Å². The van der Waals surface area contributed by atoms with Gasteiger partial charge in [0.2, 0.25) is 0 Å². The van der Waals surface area contributed by atoms with Crippen molar-refractivity contribution in [3.8, 4) is 0 Å². The topological polar surface area (TPSA) is 264 Å². The number of hydrogen-bond acceptors (Lipinski definition) is 20. The Kier molecular flexibility index (Phi) is 25.6. The summed E-state index contributed by atoms with van der Waals surface area (Å²) in [5.41, 5.74) is 6.04. The summed E-state index contributed by atoms with van der Waals surface area (Å²) in [6.45, 7) is -0.818. The average molecular weight is 1290 g/mol. The molecule has 0 amide bonds. The zero-order chi connectivity index (χ0) is 65.0. The third-order valence-electron chi connectivity index (χ3n) is 17.2. The molecule has 0 radical (unpaired) electrons. The summed E-state index contributed by atoms with van der Waals surface area (Å²) in [5.74, 6) is 0. The molecule has 1 aliphatic carbocycles. The molecule has 8 N–H and O–H groups in total. The summed E-state index contributed by atoms with van der Waals surface area (Å²) in [5, 5.41) is 80.8. The van der Waals surface area contributed by atoms with E-state index in [-0.39, 0.29) is 65.0 Å². The number of rotatable bonds is 31. The van der Waals surface area contributed by atoms with Gasteiger partial charge in [-0.25, -0.2) is 0 Å². The van der Waals surface area contributed by atoms with E-state index in [1.807, 2.05) is 212 Å². The molecule has 7 aromatic rings. The molecular weight excluding hydrogens is 1210 g/mol. The van der Waals surface area contributed by atoms with Crippen molar-refractivity contribution in [2.45, 2.75) is 163 Å². The van der Waals surface area contributed by atoms with E-state index in [1.165, 1.54) is 6.08 Å². The zero-order valence-corrected chi connectivity index (χ0v) is 52.1. The van der Waals surface area contributed by atoms with E-state index in [4.69, 9.17) is 56.8 Å². The number of aliphatic hydroxyl groups excluding tert-OH is 7. The van der Waals surface area contributed by atoms with E-state index >= 15 is 0 Å². The van der Waals surface area contributed by atoms with Crippen LogP contribution in [0.4, 0.5) is 0 Å². The largest absolute Gasteiger partial charge is 0.394 e. The molecule has 11 rings (SSSR count). The van der Waals surface area contributed by atoms with Crippen molar-refractivity contribution < 1.29 is 92.6 Å². The Labute approximate surface area is 547 Å². The minimum absolute atomic E-state index is 0.00240. The van der Waals surface area contributed by atoms with Crippen LogP contribution in [0.3, 0.4) is 0 Å². The third-order valence-corrected chi connectivity index (χ3v) is 17.2. The van der Waals surface area contributed by atoms with Gasteiger partial charge in [-0.05, 0) is 44.5 Å². The van der Waals surface area contributed by atoms with Gasteiger partial charge in [0, 0.05) is 0 Å². The summed E-state index contributed by atoms with van der Waals surface area (Å²) in [6.07, 6.45) is -21.6. The van der Waals surface area contributed by atoms with Crippen molar-refractivity contribution in [3.05, 3.63) is 263 Å². The highest BCUT2D eigenvalue weighted by atomic mass is 16.8. The van der Waals surface area contributed by atoms with Gasteiger partial charge in [-0.15, -0.1) is 0 Å². The number of hydrogen-bond donors (Lipinski definition) is 8. The van der Waals surface area contributed by atoms with E-state index in [0.29, 0.717) is 0 Å².